The van der Waals surface area contributed by atoms with Gasteiger partial charge in [0, 0.05) is 17.3 Å². The maximum absolute atomic E-state index is 12.0. The molecule has 2 aromatic carbocycles. The number of rotatable bonds is 6. The van der Waals surface area contributed by atoms with Crippen LogP contribution in [0.2, 0.25) is 0 Å². The molecule has 2 aromatic rings. The van der Waals surface area contributed by atoms with Crippen molar-refractivity contribution in [1.29, 1.82) is 0 Å². The fourth-order valence-corrected chi connectivity index (χ4v) is 2.28. The summed E-state index contributed by atoms with van der Waals surface area (Å²) in [6.45, 7) is 3.07. The van der Waals surface area contributed by atoms with Crippen molar-refractivity contribution in [1.82, 2.24) is 0 Å². The van der Waals surface area contributed by atoms with Crippen LogP contribution in [0.3, 0.4) is 0 Å². The predicted molar refractivity (Wildman–Crippen MR) is 92.6 cm³/mol. The first-order chi connectivity index (χ1) is 11.9. The number of ether oxygens (including phenoxy) is 1. The van der Waals surface area contributed by atoms with Gasteiger partial charge in [0.15, 0.2) is 6.61 Å². The van der Waals surface area contributed by atoms with Gasteiger partial charge in [-0.2, -0.15) is 0 Å². The Morgan fingerprint density at radius 1 is 1.20 bits per heavy atom. The molecule has 0 aliphatic carbocycles. The van der Waals surface area contributed by atoms with E-state index in [2.05, 4.69) is 5.32 Å². The minimum Gasteiger partial charge on any atom is -0.452 e. The molecule has 0 aliphatic heterocycles. The second-order valence-corrected chi connectivity index (χ2v) is 5.39. The first-order valence-electron chi connectivity index (χ1n) is 7.72. The summed E-state index contributed by atoms with van der Waals surface area (Å²) in [5.41, 5.74) is 1.93. The van der Waals surface area contributed by atoms with Gasteiger partial charge >= 0.3 is 5.97 Å². The van der Waals surface area contributed by atoms with Crippen molar-refractivity contribution in [2.24, 2.45) is 0 Å². The van der Waals surface area contributed by atoms with Crippen LogP contribution >= 0.6 is 0 Å². The molecular formula is C18H18N2O5. The first-order valence-corrected chi connectivity index (χ1v) is 7.72. The van der Waals surface area contributed by atoms with Gasteiger partial charge in [0.05, 0.1) is 10.5 Å². The van der Waals surface area contributed by atoms with Crippen molar-refractivity contribution >= 4 is 23.3 Å². The highest BCUT2D eigenvalue weighted by Gasteiger charge is 2.17. The Hall–Kier alpha value is -3.22. The summed E-state index contributed by atoms with van der Waals surface area (Å²) in [6.07, 6.45) is 0.753. The number of nitrogens with zero attached hydrogens (tertiary/aromatic N) is 1. The Morgan fingerprint density at radius 3 is 2.60 bits per heavy atom. The molecule has 0 spiro atoms. The number of nitro benzene ring substituents is 1. The molecule has 0 aromatic heterocycles. The molecule has 2 rings (SSSR count). The van der Waals surface area contributed by atoms with Gasteiger partial charge < -0.3 is 10.1 Å². The van der Waals surface area contributed by atoms with Crippen LogP contribution < -0.4 is 5.32 Å². The van der Waals surface area contributed by atoms with Gasteiger partial charge in [0.2, 0.25) is 0 Å². The zero-order valence-corrected chi connectivity index (χ0v) is 13.9. The third kappa shape index (κ3) is 4.63. The average Bonchev–Trinajstić information content (AvgIpc) is 2.60. The van der Waals surface area contributed by atoms with E-state index < -0.39 is 23.4 Å². The van der Waals surface area contributed by atoms with E-state index in [4.69, 9.17) is 4.74 Å². The van der Waals surface area contributed by atoms with Crippen LogP contribution in [0, 0.1) is 17.0 Å². The number of anilines is 1. The third-order valence-electron chi connectivity index (χ3n) is 3.65. The Morgan fingerprint density at radius 2 is 1.92 bits per heavy atom. The number of para-hydroxylation sites is 1. The van der Waals surface area contributed by atoms with E-state index in [1.807, 2.05) is 19.1 Å². The smallest absolute Gasteiger partial charge is 0.338 e. The lowest BCUT2D eigenvalue weighted by Gasteiger charge is -2.10. The molecule has 7 heteroatoms. The summed E-state index contributed by atoms with van der Waals surface area (Å²) in [5, 5.41) is 13.6. The number of nitro groups is 1. The van der Waals surface area contributed by atoms with E-state index >= 15 is 0 Å². The van der Waals surface area contributed by atoms with E-state index in [-0.39, 0.29) is 11.3 Å². The minimum atomic E-state index is -0.790. The second kappa shape index (κ2) is 8.05. The van der Waals surface area contributed by atoms with Crippen LogP contribution in [-0.4, -0.2) is 23.4 Å². The van der Waals surface area contributed by atoms with Gasteiger partial charge in [-0.1, -0.05) is 31.2 Å². The molecule has 130 valence electrons. The van der Waals surface area contributed by atoms with Gasteiger partial charge in [-0.05, 0) is 31.0 Å². The predicted octanol–water partition coefficient (Wildman–Crippen LogP) is 3.26. The summed E-state index contributed by atoms with van der Waals surface area (Å²) in [4.78, 5) is 34.3. The van der Waals surface area contributed by atoms with Crippen molar-refractivity contribution in [3.8, 4) is 0 Å². The molecule has 0 fully saturated rings. The lowest BCUT2D eigenvalue weighted by Crippen LogP contribution is -2.21. The zero-order valence-electron chi connectivity index (χ0n) is 13.9. The number of hydrogen-bond acceptors (Lipinski definition) is 5. The SMILES string of the molecule is CCc1ccccc1NC(=O)COC(=O)c1ccc(C)c([N+](=O)[O-])c1. The largest absolute Gasteiger partial charge is 0.452 e. The lowest BCUT2D eigenvalue weighted by atomic mass is 10.1. The number of carbonyl (C=O) groups excluding carboxylic acids is 2. The number of carbonyl (C=O) groups is 2. The van der Waals surface area contributed by atoms with Gasteiger partial charge in [-0.15, -0.1) is 0 Å². The van der Waals surface area contributed by atoms with E-state index in [0.29, 0.717) is 11.3 Å². The molecule has 0 saturated carbocycles. The summed E-state index contributed by atoms with van der Waals surface area (Å²) in [5.74, 6) is -1.27. The van der Waals surface area contributed by atoms with E-state index in [1.54, 1.807) is 19.1 Å². The second-order valence-electron chi connectivity index (χ2n) is 5.39. The van der Waals surface area contributed by atoms with Crippen molar-refractivity contribution in [3.05, 3.63) is 69.3 Å². The minimum absolute atomic E-state index is 0.0269. The summed E-state index contributed by atoms with van der Waals surface area (Å²) in [6, 6.07) is 11.4. The fraction of sp³-hybridized carbons (Fsp3) is 0.222. The summed E-state index contributed by atoms with van der Waals surface area (Å²) >= 11 is 0. The first kappa shape index (κ1) is 18.1. The number of esters is 1. The molecule has 0 radical (unpaired) electrons. The highest BCUT2D eigenvalue weighted by molar-refractivity contribution is 5.96. The molecule has 0 aliphatic rings. The highest BCUT2D eigenvalue weighted by atomic mass is 16.6. The monoisotopic (exact) mass is 342 g/mol. The number of nitrogens with one attached hydrogen (secondary N) is 1. The lowest BCUT2D eigenvalue weighted by molar-refractivity contribution is -0.385. The maximum atomic E-state index is 12.0. The molecule has 0 saturated heterocycles. The van der Waals surface area contributed by atoms with Gasteiger partial charge in [-0.3, -0.25) is 14.9 Å². The Kier molecular flexibility index (Phi) is 5.84. The normalized spacial score (nSPS) is 10.2. The zero-order chi connectivity index (χ0) is 18.4. The Labute approximate surface area is 144 Å². The van der Waals surface area contributed by atoms with Crippen molar-refractivity contribution in [2.75, 3.05) is 11.9 Å². The third-order valence-corrected chi connectivity index (χ3v) is 3.65. The number of amides is 1. The topological polar surface area (TPSA) is 98.5 Å². The molecule has 25 heavy (non-hydrogen) atoms. The molecule has 0 heterocycles. The van der Waals surface area contributed by atoms with E-state index in [9.17, 15) is 19.7 Å². The maximum Gasteiger partial charge on any atom is 0.338 e. The van der Waals surface area contributed by atoms with Gasteiger partial charge in [0.25, 0.3) is 11.6 Å². The molecule has 1 N–H and O–H groups in total. The van der Waals surface area contributed by atoms with E-state index in [1.165, 1.54) is 12.1 Å². The standard InChI is InChI=1S/C18H18N2O5/c1-3-13-6-4-5-7-15(13)19-17(21)11-25-18(22)14-9-8-12(2)16(10-14)20(23)24/h4-10H,3,11H2,1-2H3,(H,19,21). The molecule has 0 atom stereocenters. The molecule has 7 nitrogen and oxygen atoms in total. The highest BCUT2D eigenvalue weighted by Crippen LogP contribution is 2.20. The van der Waals surface area contributed by atoms with Crippen molar-refractivity contribution in [3.63, 3.8) is 0 Å². The van der Waals surface area contributed by atoms with Crippen LogP contribution in [0.4, 0.5) is 11.4 Å². The summed E-state index contributed by atoms with van der Waals surface area (Å²) < 4.78 is 4.94. The quantitative estimate of drug-likeness (QED) is 0.493. The van der Waals surface area contributed by atoms with Crippen molar-refractivity contribution < 1.29 is 19.2 Å². The Balaban J connectivity index is 1.99. The van der Waals surface area contributed by atoms with E-state index in [0.717, 1.165) is 18.1 Å². The summed E-state index contributed by atoms with van der Waals surface area (Å²) in [7, 11) is 0. The van der Waals surface area contributed by atoms with Crippen LogP contribution in [0.1, 0.15) is 28.4 Å². The van der Waals surface area contributed by atoms with Crippen molar-refractivity contribution in [2.45, 2.75) is 20.3 Å². The van der Waals surface area contributed by atoms with Crippen LogP contribution in [0.15, 0.2) is 42.5 Å². The van der Waals surface area contributed by atoms with Crippen LogP contribution in [0.5, 0.6) is 0 Å². The number of benzene rings is 2. The molecule has 1 amide bonds. The number of hydrogen-bond donors (Lipinski definition) is 1. The number of aryl methyl sites for hydroxylation is 2. The van der Waals surface area contributed by atoms with Crippen LogP contribution in [-0.2, 0) is 16.0 Å². The van der Waals surface area contributed by atoms with Gasteiger partial charge in [0.1, 0.15) is 0 Å². The van der Waals surface area contributed by atoms with Crippen LogP contribution in [0.25, 0.3) is 0 Å². The fourth-order valence-electron chi connectivity index (χ4n) is 2.28. The Bertz CT molecular complexity index is 817. The average molecular weight is 342 g/mol. The van der Waals surface area contributed by atoms with Gasteiger partial charge in [-0.25, -0.2) is 4.79 Å². The molecule has 0 bridgehead atoms. The molecule has 0 unspecified atom stereocenters. The molecular weight excluding hydrogens is 324 g/mol.